The predicted molar refractivity (Wildman–Crippen MR) is 109 cm³/mol. The highest BCUT2D eigenvalue weighted by atomic mass is 16.6. The van der Waals surface area contributed by atoms with Gasteiger partial charge in [-0.1, -0.05) is 42.5 Å². The summed E-state index contributed by atoms with van der Waals surface area (Å²) >= 11 is 0. The molecule has 3 rings (SSSR count). The van der Waals surface area contributed by atoms with E-state index in [1.807, 2.05) is 54.6 Å². The molecular weight excluding hydrogens is 370 g/mol. The van der Waals surface area contributed by atoms with E-state index in [-0.39, 0.29) is 18.6 Å². The maximum absolute atomic E-state index is 12.9. The average Bonchev–Trinajstić information content (AvgIpc) is 2.79. The lowest BCUT2D eigenvalue weighted by atomic mass is 9.85. The minimum atomic E-state index is -0.574. The molecule has 2 atom stereocenters. The number of benzene rings is 2. The molecule has 0 spiro atoms. The Hall–Kier alpha value is -3.02. The third-order valence-electron chi connectivity index (χ3n) is 5.30. The van der Waals surface area contributed by atoms with Crippen LogP contribution in [0, 0.1) is 0 Å². The fraction of sp³-hybridized carbons (Fsp3) is 0.391. The van der Waals surface area contributed by atoms with Crippen LogP contribution < -0.4 is 4.74 Å². The van der Waals surface area contributed by atoms with Crippen LogP contribution in [0.1, 0.15) is 36.3 Å². The van der Waals surface area contributed by atoms with Gasteiger partial charge in [0.15, 0.2) is 0 Å². The molecular formula is C23H27NO5. The molecule has 1 fully saturated rings. The van der Waals surface area contributed by atoms with E-state index in [2.05, 4.69) is 0 Å². The maximum atomic E-state index is 12.9. The van der Waals surface area contributed by atoms with Crippen LogP contribution in [0.15, 0.2) is 54.6 Å². The zero-order chi connectivity index (χ0) is 20.6. The van der Waals surface area contributed by atoms with Crippen LogP contribution >= 0.6 is 0 Å². The molecule has 6 heteroatoms. The molecule has 0 bridgehead atoms. The molecule has 1 aliphatic rings. The second-order valence-corrected chi connectivity index (χ2v) is 7.07. The highest BCUT2D eigenvalue weighted by Gasteiger charge is 2.39. The Morgan fingerprint density at radius 2 is 1.76 bits per heavy atom. The number of likely N-dealkylation sites (tertiary alicyclic amines) is 1. The summed E-state index contributed by atoms with van der Waals surface area (Å²) in [5.41, 5.74) is 1.72. The highest BCUT2D eigenvalue weighted by molar-refractivity contribution is 5.80. The largest absolute Gasteiger partial charge is 0.497 e. The van der Waals surface area contributed by atoms with E-state index in [1.165, 1.54) is 7.11 Å². The molecule has 29 heavy (non-hydrogen) atoms. The molecule has 1 heterocycles. The van der Waals surface area contributed by atoms with Gasteiger partial charge in [0.05, 0.1) is 20.3 Å². The predicted octanol–water partition coefficient (Wildman–Crippen LogP) is 4.14. The summed E-state index contributed by atoms with van der Waals surface area (Å²) in [5.74, 6) is -0.224. The van der Waals surface area contributed by atoms with Crippen molar-refractivity contribution in [3.8, 4) is 5.75 Å². The first-order valence-electron chi connectivity index (χ1n) is 9.83. The first-order valence-corrected chi connectivity index (χ1v) is 9.83. The number of methoxy groups -OCH3 is 2. The number of carbonyl (C=O) groups is 2. The average molecular weight is 397 g/mol. The van der Waals surface area contributed by atoms with E-state index >= 15 is 0 Å². The lowest BCUT2D eigenvalue weighted by Gasteiger charge is -2.38. The Morgan fingerprint density at radius 3 is 2.41 bits per heavy atom. The van der Waals surface area contributed by atoms with Crippen molar-refractivity contribution in [2.75, 3.05) is 20.8 Å². The van der Waals surface area contributed by atoms with Gasteiger partial charge in [-0.3, -0.25) is 4.79 Å². The van der Waals surface area contributed by atoms with E-state index in [0.717, 1.165) is 24.0 Å². The van der Waals surface area contributed by atoms with Gasteiger partial charge >= 0.3 is 12.1 Å². The fourth-order valence-electron chi connectivity index (χ4n) is 3.79. The van der Waals surface area contributed by atoms with E-state index in [4.69, 9.17) is 14.2 Å². The van der Waals surface area contributed by atoms with Gasteiger partial charge in [-0.15, -0.1) is 0 Å². The molecule has 2 aromatic rings. The van der Waals surface area contributed by atoms with Crippen molar-refractivity contribution in [3.05, 3.63) is 65.7 Å². The summed E-state index contributed by atoms with van der Waals surface area (Å²) in [4.78, 5) is 27.2. The lowest BCUT2D eigenvalue weighted by molar-refractivity contribution is -0.144. The third-order valence-corrected chi connectivity index (χ3v) is 5.30. The van der Waals surface area contributed by atoms with Crippen molar-refractivity contribution in [1.82, 2.24) is 4.90 Å². The summed E-state index contributed by atoms with van der Waals surface area (Å²) in [5, 5.41) is 0. The quantitative estimate of drug-likeness (QED) is 0.686. The number of amides is 1. The van der Waals surface area contributed by atoms with E-state index in [1.54, 1.807) is 12.0 Å². The molecule has 0 radical (unpaired) electrons. The number of esters is 1. The molecule has 154 valence electrons. The number of ether oxygens (including phenoxy) is 3. The van der Waals surface area contributed by atoms with Gasteiger partial charge in [0.2, 0.25) is 0 Å². The molecule has 0 saturated carbocycles. The molecule has 6 nitrogen and oxygen atoms in total. The Bertz CT molecular complexity index is 806. The van der Waals surface area contributed by atoms with Crippen LogP contribution in [0.3, 0.4) is 0 Å². The molecule has 0 aromatic heterocycles. The van der Waals surface area contributed by atoms with Crippen molar-refractivity contribution < 1.29 is 23.8 Å². The molecule has 1 aliphatic heterocycles. The van der Waals surface area contributed by atoms with Crippen LogP contribution in [-0.2, 0) is 20.9 Å². The number of hydrogen-bond acceptors (Lipinski definition) is 5. The monoisotopic (exact) mass is 397 g/mol. The molecule has 1 saturated heterocycles. The minimum absolute atomic E-state index is 0.203. The number of piperidine rings is 1. The second kappa shape index (κ2) is 9.96. The normalized spacial score (nSPS) is 17.3. The van der Waals surface area contributed by atoms with Gasteiger partial charge in [-0.05, 0) is 42.5 Å². The topological polar surface area (TPSA) is 65.1 Å². The summed E-state index contributed by atoms with van der Waals surface area (Å²) in [6.07, 6.45) is 2.14. The Labute approximate surface area is 171 Å². The molecule has 0 unspecified atom stereocenters. The second-order valence-electron chi connectivity index (χ2n) is 7.07. The van der Waals surface area contributed by atoms with Crippen molar-refractivity contribution in [3.63, 3.8) is 0 Å². The highest BCUT2D eigenvalue weighted by Crippen LogP contribution is 2.33. The van der Waals surface area contributed by atoms with Gasteiger partial charge in [0, 0.05) is 6.54 Å². The summed E-state index contributed by atoms with van der Waals surface area (Å²) in [6, 6.07) is 16.6. The van der Waals surface area contributed by atoms with E-state index < -0.39 is 12.0 Å². The Kier molecular flexibility index (Phi) is 7.11. The van der Waals surface area contributed by atoms with Gasteiger partial charge in [-0.25, -0.2) is 4.79 Å². The minimum Gasteiger partial charge on any atom is -0.497 e. The first kappa shape index (κ1) is 20.7. The van der Waals surface area contributed by atoms with Crippen LogP contribution in [-0.4, -0.2) is 43.8 Å². The first-order chi connectivity index (χ1) is 14.1. The zero-order valence-corrected chi connectivity index (χ0v) is 16.9. The number of hydrogen-bond donors (Lipinski definition) is 0. The summed E-state index contributed by atoms with van der Waals surface area (Å²) in [7, 11) is 2.97. The maximum Gasteiger partial charge on any atom is 0.410 e. The van der Waals surface area contributed by atoms with Crippen LogP contribution in [0.5, 0.6) is 5.75 Å². The fourth-order valence-corrected chi connectivity index (χ4v) is 3.79. The number of carbonyl (C=O) groups excluding carboxylic acids is 2. The van der Waals surface area contributed by atoms with Crippen LogP contribution in [0.4, 0.5) is 4.79 Å². The SMILES string of the molecule is COC(=O)[C@@H](c1ccc(OC)cc1)[C@@H]1CCCCN1C(=O)OCc1ccccc1. The number of nitrogens with zero attached hydrogens (tertiary/aromatic N) is 1. The van der Waals surface area contributed by atoms with Gasteiger partial charge in [-0.2, -0.15) is 0 Å². The summed E-state index contributed by atoms with van der Waals surface area (Å²) in [6.45, 7) is 0.760. The van der Waals surface area contributed by atoms with Crippen molar-refractivity contribution in [1.29, 1.82) is 0 Å². The van der Waals surface area contributed by atoms with Crippen molar-refractivity contribution in [2.45, 2.75) is 37.8 Å². The molecule has 0 N–H and O–H groups in total. The van der Waals surface area contributed by atoms with Crippen molar-refractivity contribution >= 4 is 12.1 Å². The smallest absolute Gasteiger partial charge is 0.410 e. The van der Waals surface area contributed by atoms with Crippen LogP contribution in [0.25, 0.3) is 0 Å². The Morgan fingerprint density at radius 1 is 1.03 bits per heavy atom. The zero-order valence-electron chi connectivity index (χ0n) is 16.9. The van der Waals surface area contributed by atoms with Gasteiger partial charge in [0.25, 0.3) is 0 Å². The molecule has 0 aliphatic carbocycles. The van der Waals surface area contributed by atoms with Crippen molar-refractivity contribution in [2.24, 2.45) is 0 Å². The van der Waals surface area contributed by atoms with Crippen LogP contribution in [0.2, 0.25) is 0 Å². The lowest BCUT2D eigenvalue weighted by Crippen LogP contribution is -2.49. The Balaban J connectivity index is 1.80. The summed E-state index contributed by atoms with van der Waals surface area (Å²) < 4.78 is 15.8. The molecule has 2 aromatic carbocycles. The number of rotatable bonds is 6. The third kappa shape index (κ3) is 5.08. The van der Waals surface area contributed by atoms with E-state index in [0.29, 0.717) is 18.7 Å². The van der Waals surface area contributed by atoms with Gasteiger partial charge in [0.1, 0.15) is 18.3 Å². The standard InChI is InChI=1S/C23H27NO5/c1-27-19-13-11-18(12-14-19)21(22(25)28-2)20-10-6-7-15-24(20)23(26)29-16-17-8-4-3-5-9-17/h3-5,8-9,11-14,20-21H,6-7,10,15-16H2,1-2H3/t20-,21-/m0/s1. The van der Waals surface area contributed by atoms with E-state index in [9.17, 15) is 9.59 Å². The van der Waals surface area contributed by atoms with Gasteiger partial charge < -0.3 is 19.1 Å². The molecule has 1 amide bonds.